The molecule has 0 bridgehead atoms. The van der Waals surface area contributed by atoms with E-state index in [2.05, 4.69) is 44.9 Å². The minimum Gasteiger partial charge on any atom is -0.481 e. The van der Waals surface area contributed by atoms with Gasteiger partial charge < -0.3 is 10.4 Å². The van der Waals surface area contributed by atoms with Crippen LogP contribution in [0.4, 0.5) is 0 Å². The van der Waals surface area contributed by atoms with Gasteiger partial charge in [-0.05, 0) is 6.92 Å². The Labute approximate surface area is 99.6 Å². The summed E-state index contributed by atoms with van der Waals surface area (Å²) in [6, 6.07) is 1.25. The number of aliphatic carboxylic acids is 1. The van der Waals surface area contributed by atoms with Gasteiger partial charge in [-0.25, -0.2) is 0 Å². The van der Waals surface area contributed by atoms with E-state index in [9.17, 15) is 4.79 Å². The van der Waals surface area contributed by atoms with Crippen LogP contribution < -0.4 is 5.32 Å². The van der Waals surface area contributed by atoms with E-state index in [4.69, 9.17) is 5.11 Å². The minimum atomic E-state index is -0.780. The van der Waals surface area contributed by atoms with Gasteiger partial charge in [0, 0.05) is 18.5 Å². The van der Waals surface area contributed by atoms with Crippen molar-refractivity contribution in [2.45, 2.75) is 60.0 Å². The second-order valence-corrected chi connectivity index (χ2v) is 4.35. The SMILES string of the molecule is CC#CCC(C)C(=O)O.CC(C)NC(C)C. The van der Waals surface area contributed by atoms with Crippen LogP contribution in [0.25, 0.3) is 0 Å². The molecule has 1 atom stereocenters. The molecule has 2 N–H and O–H groups in total. The molecule has 0 heterocycles. The van der Waals surface area contributed by atoms with E-state index in [-0.39, 0.29) is 5.92 Å². The van der Waals surface area contributed by atoms with E-state index in [0.717, 1.165) is 0 Å². The van der Waals surface area contributed by atoms with Gasteiger partial charge in [-0.3, -0.25) is 4.79 Å². The van der Waals surface area contributed by atoms with Crippen molar-refractivity contribution in [3.05, 3.63) is 0 Å². The second kappa shape index (κ2) is 10.5. The van der Waals surface area contributed by atoms with Crippen molar-refractivity contribution in [3.8, 4) is 11.8 Å². The zero-order chi connectivity index (χ0) is 13.1. The Kier molecular flexibility index (Phi) is 11.4. The van der Waals surface area contributed by atoms with Crippen molar-refractivity contribution in [1.29, 1.82) is 0 Å². The standard InChI is InChI=1S/C7H10O2.C6H15N/c1-3-4-5-6(2)7(8)9;1-5(2)7-6(3)4/h6H,5H2,1-2H3,(H,8,9);5-7H,1-4H3. The highest BCUT2D eigenvalue weighted by molar-refractivity contribution is 5.69. The molecule has 1 unspecified atom stereocenters. The van der Waals surface area contributed by atoms with Crippen LogP contribution >= 0.6 is 0 Å². The molecule has 0 aromatic carbocycles. The number of carboxylic acids is 1. The van der Waals surface area contributed by atoms with Gasteiger partial charge in [0.2, 0.25) is 0 Å². The summed E-state index contributed by atoms with van der Waals surface area (Å²) < 4.78 is 0. The first-order valence-electron chi connectivity index (χ1n) is 5.69. The van der Waals surface area contributed by atoms with Crippen LogP contribution in [0.2, 0.25) is 0 Å². The fourth-order valence-electron chi connectivity index (χ4n) is 1.01. The van der Waals surface area contributed by atoms with Crippen LogP contribution in [0.3, 0.4) is 0 Å². The van der Waals surface area contributed by atoms with Gasteiger partial charge in [0.05, 0.1) is 5.92 Å². The van der Waals surface area contributed by atoms with Crippen molar-refractivity contribution in [2.75, 3.05) is 0 Å². The van der Waals surface area contributed by atoms with Gasteiger partial charge >= 0.3 is 5.97 Å². The molecule has 0 aromatic rings. The third-order valence-corrected chi connectivity index (χ3v) is 1.67. The van der Waals surface area contributed by atoms with E-state index >= 15 is 0 Å². The summed E-state index contributed by atoms with van der Waals surface area (Å²) in [5.74, 6) is 4.22. The zero-order valence-corrected chi connectivity index (χ0v) is 11.3. The van der Waals surface area contributed by atoms with E-state index in [0.29, 0.717) is 18.5 Å². The number of carboxylic acid groups (broad SMARTS) is 1. The Balaban J connectivity index is 0. The van der Waals surface area contributed by atoms with Crippen molar-refractivity contribution >= 4 is 5.97 Å². The maximum absolute atomic E-state index is 10.1. The summed E-state index contributed by atoms with van der Waals surface area (Å²) in [7, 11) is 0. The summed E-state index contributed by atoms with van der Waals surface area (Å²) in [6.07, 6.45) is 0.450. The summed E-state index contributed by atoms with van der Waals surface area (Å²) in [5.41, 5.74) is 0. The normalized spacial score (nSPS) is 11.2. The lowest BCUT2D eigenvalue weighted by atomic mass is 10.1. The molecule has 0 aliphatic carbocycles. The third-order valence-electron chi connectivity index (χ3n) is 1.67. The highest BCUT2D eigenvalue weighted by Gasteiger charge is 2.07. The second-order valence-electron chi connectivity index (χ2n) is 4.35. The van der Waals surface area contributed by atoms with Crippen LogP contribution in [0.5, 0.6) is 0 Å². The van der Waals surface area contributed by atoms with Gasteiger partial charge in [-0.1, -0.05) is 34.6 Å². The number of hydrogen-bond donors (Lipinski definition) is 2. The number of carbonyl (C=O) groups is 1. The highest BCUT2D eigenvalue weighted by Crippen LogP contribution is 1.98. The lowest BCUT2D eigenvalue weighted by Gasteiger charge is -2.10. The molecular weight excluding hydrogens is 202 g/mol. The molecule has 0 saturated carbocycles. The fourth-order valence-corrected chi connectivity index (χ4v) is 1.01. The Bertz CT molecular complexity index is 230. The lowest BCUT2D eigenvalue weighted by molar-refractivity contribution is -0.140. The average Bonchev–Trinajstić information content (AvgIpc) is 2.12. The van der Waals surface area contributed by atoms with E-state index in [1.54, 1.807) is 13.8 Å². The van der Waals surface area contributed by atoms with Crippen molar-refractivity contribution in [3.63, 3.8) is 0 Å². The molecule has 0 spiro atoms. The topological polar surface area (TPSA) is 49.3 Å². The van der Waals surface area contributed by atoms with Crippen molar-refractivity contribution in [1.82, 2.24) is 5.32 Å². The van der Waals surface area contributed by atoms with Crippen LogP contribution in [-0.4, -0.2) is 23.2 Å². The van der Waals surface area contributed by atoms with Gasteiger partial charge in [0.25, 0.3) is 0 Å². The molecule has 0 aliphatic heterocycles. The van der Waals surface area contributed by atoms with Crippen LogP contribution in [0.1, 0.15) is 48.0 Å². The zero-order valence-electron chi connectivity index (χ0n) is 11.3. The van der Waals surface area contributed by atoms with E-state index < -0.39 is 5.97 Å². The third kappa shape index (κ3) is 15.5. The summed E-state index contributed by atoms with van der Waals surface area (Å²) in [5, 5.41) is 11.6. The Morgan fingerprint density at radius 2 is 1.62 bits per heavy atom. The Hall–Kier alpha value is -1.01. The quantitative estimate of drug-likeness (QED) is 0.726. The van der Waals surface area contributed by atoms with E-state index in [1.807, 2.05) is 0 Å². The number of rotatable bonds is 4. The molecule has 3 heteroatoms. The number of nitrogens with one attached hydrogen (secondary N) is 1. The van der Waals surface area contributed by atoms with Crippen molar-refractivity contribution < 1.29 is 9.90 Å². The average molecular weight is 227 g/mol. The van der Waals surface area contributed by atoms with Crippen molar-refractivity contribution in [2.24, 2.45) is 5.92 Å². The molecule has 0 aliphatic rings. The summed E-state index contributed by atoms with van der Waals surface area (Å²) in [6.45, 7) is 12.0. The number of hydrogen-bond acceptors (Lipinski definition) is 2. The maximum Gasteiger partial charge on any atom is 0.307 e. The Morgan fingerprint density at radius 1 is 1.19 bits per heavy atom. The van der Waals surface area contributed by atoms with Gasteiger partial charge in [-0.2, -0.15) is 0 Å². The first kappa shape index (κ1) is 17.4. The monoisotopic (exact) mass is 227 g/mol. The van der Waals surface area contributed by atoms with Crippen LogP contribution in [0, 0.1) is 17.8 Å². The molecule has 0 radical (unpaired) electrons. The molecule has 94 valence electrons. The Morgan fingerprint density at radius 3 is 1.81 bits per heavy atom. The maximum atomic E-state index is 10.1. The molecule has 0 fully saturated rings. The molecule has 16 heavy (non-hydrogen) atoms. The highest BCUT2D eigenvalue weighted by atomic mass is 16.4. The van der Waals surface area contributed by atoms with E-state index in [1.165, 1.54) is 0 Å². The van der Waals surface area contributed by atoms with Gasteiger partial charge in [0.15, 0.2) is 0 Å². The smallest absolute Gasteiger partial charge is 0.307 e. The molecule has 3 nitrogen and oxygen atoms in total. The summed E-state index contributed by atoms with van der Waals surface area (Å²) >= 11 is 0. The minimum absolute atomic E-state index is 0.336. The first-order valence-corrected chi connectivity index (χ1v) is 5.69. The molecule has 0 rings (SSSR count). The summed E-state index contributed by atoms with van der Waals surface area (Å²) in [4.78, 5) is 10.1. The van der Waals surface area contributed by atoms with Gasteiger partial charge in [-0.15, -0.1) is 11.8 Å². The lowest BCUT2D eigenvalue weighted by Crippen LogP contribution is -2.29. The molecular formula is C13H25NO2. The molecule has 0 saturated heterocycles. The van der Waals surface area contributed by atoms with Crippen LogP contribution in [0.15, 0.2) is 0 Å². The largest absolute Gasteiger partial charge is 0.481 e. The molecule has 0 amide bonds. The van der Waals surface area contributed by atoms with Crippen LogP contribution in [-0.2, 0) is 4.79 Å². The van der Waals surface area contributed by atoms with Gasteiger partial charge in [0.1, 0.15) is 0 Å². The predicted molar refractivity (Wildman–Crippen MR) is 68.3 cm³/mol. The fraction of sp³-hybridized carbons (Fsp3) is 0.769. The predicted octanol–water partition coefficient (Wildman–Crippen LogP) is 2.51. The first-order chi connectivity index (χ1) is 7.31. The molecule has 0 aromatic heterocycles.